The van der Waals surface area contributed by atoms with E-state index in [1.54, 1.807) is 11.6 Å². The van der Waals surface area contributed by atoms with E-state index in [0.29, 0.717) is 18.6 Å². The summed E-state index contributed by atoms with van der Waals surface area (Å²) in [5.74, 6) is -7.39. The summed E-state index contributed by atoms with van der Waals surface area (Å²) >= 11 is 0. The van der Waals surface area contributed by atoms with Crippen LogP contribution in [0.1, 0.15) is 20.3 Å². The lowest BCUT2D eigenvalue weighted by Crippen LogP contribution is -2.45. The van der Waals surface area contributed by atoms with E-state index in [4.69, 9.17) is 5.11 Å². The molecule has 9 heteroatoms. The molecule has 1 aromatic carbocycles. The van der Waals surface area contributed by atoms with Gasteiger partial charge in [0.25, 0.3) is 0 Å². The Morgan fingerprint density at radius 3 is 2.33 bits per heavy atom. The van der Waals surface area contributed by atoms with Crippen LogP contribution in [-0.2, 0) is 14.8 Å². The van der Waals surface area contributed by atoms with Crippen LogP contribution in [0.15, 0.2) is 17.0 Å². The number of halogens is 3. The molecule has 5 nitrogen and oxygen atoms in total. The maximum absolute atomic E-state index is 13.5. The molecule has 0 aliphatic heterocycles. The highest BCUT2D eigenvalue weighted by Crippen LogP contribution is 2.21. The lowest BCUT2D eigenvalue weighted by atomic mass is 10.0. The zero-order valence-electron chi connectivity index (χ0n) is 11.2. The lowest BCUT2D eigenvalue weighted by Gasteiger charge is -2.20. The summed E-state index contributed by atoms with van der Waals surface area (Å²) in [6.07, 6.45) is 0.347. The maximum Gasteiger partial charge on any atom is 0.322 e. The average Bonchev–Trinajstić information content (AvgIpc) is 2.40. The van der Waals surface area contributed by atoms with Crippen molar-refractivity contribution >= 4 is 16.0 Å². The van der Waals surface area contributed by atoms with Gasteiger partial charge in [-0.25, -0.2) is 21.6 Å². The minimum absolute atomic E-state index is 0.347. The fourth-order valence-corrected chi connectivity index (χ4v) is 2.96. The Morgan fingerprint density at radius 2 is 1.86 bits per heavy atom. The maximum atomic E-state index is 13.5. The van der Waals surface area contributed by atoms with Gasteiger partial charge in [-0.1, -0.05) is 20.3 Å². The first-order chi connectivity index (χ1) is 9.61. The van der Waals surface area contributed by atoms with Crippen LogP contribution in [0.5, 0.6) is 0 Å². The molecule has 0 aromatic heterocycles. The number of sulfonamides is 1. The van der Waals surface area contributed by atoms with E-state index in [1.807, 2.05) is 0 Å². The van der Waals surface area contributed by atoms with Gasteiger partial charge >= 0.3 is 5.97 Å². The SMILES string of the molecule is CCC(C)[C@H](NS(=O)(=O)c1ccc(F)c(F)c1F)C(=O)O. The monoisotopic (exact) mass is 325 g/mol. The first-order valence-electron chi connectivity index (χ1n) is 6.00. The summed E-state index contributed by atoms with van der Waals surface area (Å²) in [4.78, 5) is 9.92. The number of carbonyl (C=O) groups is 1. The number of rotatable bonds is 6. The van der Waals surface area contributed by atoms with Crippen LogP contribution in [0.25, 0.3) is 0 Å². The van der Waals surface area contributed by atoms with Crippen molar-refractivity contribution in [2.75, 3.05) is 0 Å². The molecule has 118 valence electrons. The van der Waals surface area contributed by atoms with Gasteiger partial charge in [0.2, 0.25) is 10.0 Å². The van der Waals surface area contributed by atoms with Gasteiger partial charge in [-0.2, -0.15) is 4.72 Å². The Labute approximate surface area is 119 Å². The van der Waals surface area contributed by atoms with Crippen LogP contribution in [0, 0.1) is 23.4 Å². The highest BCUT2D eigenvalue weighted by molar-refractivity contribution is 7.89. The summed E-state index contributed by atoms with van der Waals surface area (Å²) in [5.41, 5.74) is 0. The molecule has 0 spiro atoms. The summed E-state index contributed by atoms with van der Waals surface area (Å²) in [6.45, 7) is 3.13. The fraction of sp³-hybridized carbons (Fsp3) is 0.417. The molecule has 2 N–H and O–H groups in total. The molecule has 1 unspecified atom stereocenters. The fourth-order valence-electron chi connectivity index (χ4n) is 1.59. The highest BCUT2D eigenvalue weighted by Gasteiger charge is 2.32. The average molecular weight is 325 g/mol. The normalized spacial score (nSPS) is 14.7. The molecule has 1 rings (SSSR count). The van der Waals surface area contributed by atoms with Crippen molar-refractivity contribution in [2.45, 2.75) is 31.2 Å². The molecule has 0 amide bonds. The van der Waals surface area contributed by atoms with Crippen LogP contribution >= 0.6 is 0 Å². The minimum atomic E-state index is -4.64. The second-order valence-corrected chi connectivity index (χ2v) is 6.18. The standard InChI is InChI=1S/C12H14F3NO4S/c1-3-6(2)11(12(17)18)16-21(19,20)8-5-4-7(13)9(14)10(8)15/h4-6,11,16H,3H2,1-2H3,(H,17,18)/t6?,11-/m0/s1. The predicted octanol–water partition coefficient (Wildman–Crippen LogP) is 1.88. The molecule has 21 heavy (non-hydrogen) atoms. The number of aliphatic carboxylic acids is 1. The van der Waals surface area contributed by atoms with Gasteiger partial charge in [-0.3, -0.25) is 4.79 Å². The largest absolute Gasteiger partial charge is 0.480 e. The number of hydrogen-bond acceptors (Lipinski definition) is 3. The van der Waals surface area contributed by atoms with E-state index in [0.717, 1.165) is 0 Å². The van der Waals surface area contributed by atoms with Crippen molar-refractivity contribution < 1.29 is 31.5 Å². The molecule has 0 aliphatic rings. The lowest BCUT2D eigenvalue weighted by molar-refractivity contribution is -0.140. The smallest absolute Gasteiger partial charge is 0.322 e. The Bertz CT molecular complexity index is 648. The summed E-state index contributed by atoms with van der Waals surface area (Å²) in [5, 5.41) is 9.00. The van der Waals surface area contributed by atoms with Crippen molar-refractivity contribution in [2.24, 2.45) is 5.92 Å². The predicted molar refractivity (Wildman–Crippen MR) is 67.5 cm³/mol. The van der Waals surface area contributed by atoms with Gasteiger partial charge in [0, 0.05) is 0 Å². The third-order valence-corrected chi connectivity index (χ3v) is 4.51. The number of hydrogen-bond donors (Lipinski definition) is 2. The van der Waals surface area contributed by atoms with Crippen LogP contribution in [0.4, 0.5) is 13.2 Å². The molecule has 0 aliphatic carbocycles. The molecule has 0 saturated carbocycles. The molecular weight excluding hydrogens is 311 g/mol. The van der Waals surface area contributed by atoms with Gasteiger partial charge in [-0.05, 0) is 18.1 Å². The molecular formula is C12H14F3NO4S. The number of benzene rings is 1. The van der Waals surface area contributed by atoms with Crippen LogP contribution in [-0.4, -0.2) is 25.5 Å². The summed E-state index contributed by atoms with van der Waals surface area (Å²) in [7, 11) is -4.64. The summed E-state index contributed by atoms with van der Waals surface area (Å²) < 4.78 is 65.1. The Kier molecular flexibility index (Phi) is 5.35. The van der Waals surface area contributed by atoms with Crippen molar-refractivity contribution in [1.29, 1.82) is 0 Å². The second kappa shape index (κ2) is 6.44. The number of nitrogens with one attached hydrogen (secondary N) is 1. The quantitative estimate of drug-likeness (QED) is 0.782. The van der Waals surface area contributed by atoms with Gasteiger partial charge in [-0.15, -0.1) is 0 Å². The molecule has 1 aromatic rings. The van der Waals surface area contributed by atoms with E-state index >= 15 is 0 Å². The van der Waals surface area contributed by atoms with Gasteiger partial charge in [0.15, 0.2) is 17.5 Å². The van der Waals surface area contributed by atoms with Crippen LogP contribution in [0.2, 0.25) is 0 Å². The van der Waals surface area contributed by atoms with Gasteiger partial charge in [0.05, 0.1) is 0 Å². The number of carboxylic acids is 1. The zero-order valence-corrected chi connectivity index (χ0v) is 12.0. The van der Waals surface area contributed by atoms with E-state index in [-0.39, 0.29) is 0 Å². The molecule has 2 atom stereocenters. The van der Waals surface area contributed by atoms with Gasteiger partial charge in [0.1, 0.15) is 10.9 Å². The van der Waals surface area contributed by atoms with E-state index < -0.39 is 50.3 Å². The van der Waals surface area contributed by atoms with Gasteiger partial charge < -0.3 is 5.11 Å². The third-order valence-electron chi connectivity index (χ3n) is 3.05. The first kappa shape index (κ1) is 17.4. The third kappa shape index (κ3) is 3.73. The van der Waals surface area contributed by atoms with E-state index in [2.05, 4.69) is 0 Å². The topological polar surface area (TPSA) is 83.5 Å². The Hall–Kier alpha value is -1.61. The van der Waals surface area contributed by atoms with E-state index in [1.165, 1.54) is 6.92 Å². The molecule has 0 fully saturated rings. The van der Waals surface area contributed by atoms with Crippen molar-refractivity contribution in [3.63, 3.8) is 0 Å². The minimum Gasteiger partial charge on any atom is -0.480 e. The highest BCUT2D eigenvalue weighted by atomic mass is 32.2. The van der Waals surface area contributed by atoms with Crippen LogP contribution < -0.4 is 4.72 Å². The molecule has 0 saturated heterocycles. The van der Waals surface area contributed by atoms with Crippen molar-refractivity contribution in [3.05, 3.63) is 29.6 Å². The molecule has 0 radical (unpaired) electrons. The molecule has 0 bridgehead atoms. The molecule has 0 heterocycles. The van der Waals surface area contributed by atoms with Crippen molar-refractivity contribution in [1.82, 2.24) is 4.72 Å². The Morgan fingerprint density at radius 1 is 1.29 bits per heavy atom. The van der Waals surface area contributed by atoms with Crippen LogP contribution in [0.3, 0.4) is 0 Å². The first-order valence-corrected chi connectivity index (χ1v) is 7.48. The Balaban J connectivity index is 3.23. The van der Waals surface area contributed by atoms with E-state index in [9.17, 15) is 26.4 Å². The zero-order chi connectivity index (χ0) is 16.4. The summed E-state index contributed by atoms with van der Waals surface area (Å²) in [6, 6.07) is -0.523. The number of carboxylic acid groups (broad SMARTS) is 1. The van der Waals surface area contributed by atoms with Crippen molar-refractivity contribution in [3.8, 4) is 0 Å². The second-order valence-electron chi connectivity index (χ2n) is 4.50.